The van der Waals surface area contributed by atoms with Crippen LogP contribution in [0, 0.1) is 11.3 Å². The molecule has 1 aliphatic heterocycles. The van der Waals surface area contributed by atoms with Crippen molar-refractivity contribution in [1.29, 1.82) is 5.26 Å². The molecule has 0 amide bonds. The van der Waals surface area contributed by atoms with Gasteiger partial charge in [0.25, 0.3) is 0 Å². The van der Waals surface area contributed by atoms with Gasteiger partial charge < -0.3 is 9.32 Å². The van der Waals surface area contributed by atoms with Crippen LogP contribution in [0.1, 0.15) is 35.9 Å². The minimum atomic E-state index is 0.423. The molecule has 1 saturated carbocycles. The second-order valence-corrected chi connectivity index (χ2v) is 6.85. The standard InChI is InChI=1S/C18H19ClN4O/c19-15-4-2-1-3-14(15)12-22-7-9-23(10-8-22)18-16(11-20)21-17(24-18)13-5-6-13/h1-4,13H,5-10,12H2. The van der Waals surface area contributed by atoms with Crippen LogP contribution in [0.4, 0.5) is 5.88 Å². The van der Waals surface area contributed by atoms with Crippen molar-refractivity contribution >= 4 is 17.5 Å². The van der Waals surface area contributed by atoms with Gasteiger partial charge in [0, 0.05) is 43.7 Å². The van der Waals surface area contributed by atoms with E-state index in [4.69, 9.17) is 16.0 Å². The van der Waals surface area contributed by atoms with E-state index in [0.29, 0.717) is 17.5 Å². The maximum Gasteiger partial charge on any atom is 0.234 e. The number of hydrogen-bond donors (Lipinski definition) is 0. The summed E-state index contributed by atoms with van der Waals surface area (Å²) in [6.07, 6.45) is 2.24. The zero-order valence-corrected chi connectivity index (χ0v) is 14.2. The highest BCUT2D eigenvalue weighted by Gasteiger charge is 2.32. The lowest BCUT2D eigenvalue weighted by Gasteiger charge is -2.34. The van der Waals surface area contributed by atoms with Crippen molar-refractivity contribution < 1.29 is 4.42 Å². The summed E-state index contributed by atoms with van der Waals surface area (Å²) in [5, 5.41) is 10.1. The number of nitrogens with zero attached hydrogens (tertiary/aromatic N) is 4. The number of nitriles is 1. The molecular formula is C18H19ClN4O. The predicted octanol–water partition coefficient (Wildman–Crippen LogP) is 3.40. The molecular weight excluding hydrogens is 324 g/mol. The van der Waals surface area contributed by atoms with Crippen molar-refractivity contribution in [3.8, 4) is 6.07 Å². The van der Waals surface area contributed by atoms with Crippen molar-refractivity contribution in [2.24, 2.45) is 0 Å². The van der Waals surface area contributed by atoms with Crippen LogP contribution in [0.2, 0.25) is 5.02 Å². The van der Waals surface area contributed by atoms with E-state index >= 15 is 0 Å². The van der Waals surface area contributed by atoms with Crippen LogP contribution in [0.5, 0.6) is 0 Å². The van der Waals surface area contributed by atoms with Crippen molar-refractivity contribution in [3.63, 3.8) is 0 Å². The zero-order chi connectivity index (χ0) is 16.5. The third kappa shape index (κ3) is 3.12. The lowest BCUT2D eigenvalue weighted by Crippen LogP contribution is -2.46. The first-order valence-electron chi connectivity index (χ1n) is 8.36. The Kier molecular flexibility index (Phi) is 4.17. The Morgan fingerprint density at radius 1 is 1.21 bits per heavy atom. The monoisotopic (exact) mass is 342 g/mol. The second kappa shape index (κ2) is 6.46. The molecule has 1 aromatic heterocycles. The molecule has 5 nitrogen and oxygen atoms in total. The number of rotatable bonds is 4. The highest BCUT2D eigenvalue weighted by Crippen LogP contribution is 2.41. The van der Waals surface area contributed by atoms with Crippen LogP contribution >= 0.6 is 11.6 Å². The van der Waals surface area contributed by atoms with Crippen LogP contribution in [-0.4, -0.2) is 36.1 Å². The zero-order valence-electron chi connectivity index (χ0n) is 13.4. The van der Waals surface area contributed by atoms with Gasteiger partial charge in [0.05, 0.1) is 0 Å². The number of aromatic nitrogens is 1. The maximum atomic E-state index is 9.32. The molecule has 1 aliphatic carbocycles. The molecule has 24 heavy (non-hydrogen) atoms. The molecule has 0 radical (unpaired) electrons. The molecule has 124 valence electrons. The van der Waals surface area contributed by atoms with Crippen LogP contribution in [0.3, 0.4) is 0 Å². The van der Waals surface area contributed by atoms with E-state index in [9.17, 15) is 5.26 Å². The van der Waals surface area contributed by atoms with Gasteiger partial charge in [-0.05, 0) is 24.5 Å². The van der Waals surface area contributed by atoms with Crippen LogP contribution in [0.25, 0.3) is 0 Å². The maximum absolute atomic E-state index is 9.32. The third-order valence-electron chi connectivity index (χ3n) is 4.67. The average Bonchev–Trinajstić information content (AvgIpc) is 3.37. The molecule has 2 fully saturated rings. The summed E-state index contributed by atoms with van der Waals surface area (Å²) in [7, 11) is 0. The van der Waals surface area contributed by atoms with Gasteiger partial charge in [0.1, 0.15) is 6.07 Å². The first kappa shape index (κ1) is 15.5. The molecule has 2 aromatic rings. The highest BCUT2D eigenvalue weighted by molar-refractivity contribution is 6.31. The SMILES string of the molecule is N#Cc1nc(C2CC2)oc1N1CCN(Cc2ccccc2Cl)CC1. The predicted molar refractivity (Wildman–Crippen MR) is 92.1 cm³/mol. The summed E-state index contributed by atoms with van der Waals surface area (Å²) < 4.78 is 5.89. The summed E-state index contributed by atoms with van der Waals surface area (Å²) in [6, 6.07) is 10.1. The average molecular weight is 343 g/mol. The summed E-state index contributed by atoms with van der Waals surface area (Å²) in [6.45, 7) is 4.34. The largest absolute Gasteiger partial charge is 0.423 e. The fourth-order valence-electron chi connectivity index (χ4n) is 3.10. The number of oxazole rings is 1. The second-order valence-electron chi connectivity index (χ2n) is 6.45. The van der Waals surface area contributed by atoms with Crippen LogP contribution in [-0.2, 0) is 6.54 Å². The first-order valence-corrected chi connectivity index (χ1v) is 8.74. The normalized spacial score (nSPS) is 18.6. The van der Waals surface area contributed by atoms with Crippen molar-refractivity contribution in [2.45, 2.75) is 25.3 Å². The summed E-state index contributed by atoms with van der Waals surface area (Å²) >= 11 is 6.25. The van der Waals surface area contributed by atoms with Gasteiger partial charge in [-0.3, -0.25) is 4.90 Å². The Morgan fingerprint density at radius 2 is 1.96 bits per heavy atom. The van der Waals surface area contributed by atoms with Gasteiger partial charge in [0.15, 0.2) is 0 Å². The molecule has 0 unspecified atom stereocenters. The number of halogens is 1. The van der Waals surface area contributed by atoms with E-state index in [-0.39, 0.29) is 0 Å². The minimum absolute atomic E-state index is 0.423. The Hall–Kier alpha value is -2.03. The number of anilines is 1. The topological polar surface area (TPSA) is 56.3 Å². The summed E-state index contributed by atoms with van der Waals surface area (Å²) in [5.74, 6) is 1.81. The third-order valence-corrected chi connectivity index (χ3v) is 5.04. The number of hydrogen-bond acceptors (Lipinski definition) is 5. The van der Waals surface area contributed by atoms with Gasteiger partial charge in [-0.1, -0.05) is 29.8 Å². The molecule has 0 atom stereocenters. The quantitative estimate of drug-likeness (QED) is 0.852. The molecule has 4 rings (SSSR count). The molecule has 0 N–H and O–H groups in total. The Labute approximate surface area is 146 Å². The Bertz CT molecular complexity index is 770. The van der Waals surface area contributed by atoms with E-state index in [1.54, 1.807) is 0 Å². The van der Waals surface area contributed by atoms with E-state index in [1.807, 2.05) is 18.2 Å². The number of benzene rings is 1. The fraction of sp³-hybridized carbons (Fsp3) is 0.444. The van der Waals surface area contributed by atoms with E-state index in [1.165, 1.54) is 0 Å². The highest BCUT2D eigenvalue weighted by atomic mass is 35.5. The Morgan fingerprint density at radius 3 is 2.62 bits per heavy atom. The minimum Gasteiger partial charge on any atom is -0.423 e. The molecule has 1 saturated heterocycles. The lowest BCUT2D eigenvalue weighted by atomic mass is 10.2. The van der Waals surface area contributed by atoms with Gasteiger partial charge in [-0.2, -0.15) is 5.26 Å². The molecule has 2 aliphatic rings. The van der Waals surface area contributed by atoms with Crippen LogP contribution < -0.4 is 4.90 Å². The van der Waals surface area contributed by atoms with E-state index in [2.05, 4.69) is 26.9 Å². The molecule has 0 spiro atoms. The fourth-order valence-corrected chi connectivity index (χ4v) is 3.29. The smallest absolute Gasteiger partial charge is 0.234 e. The molecule has 0 bridgehead atoms. The van der Waals surface area contributed by atoms with Crippen molar-refractivity contribution in [2.75, 3.05) is 31.1 Å². The van der Waals surface area contributed by atoms with Gasteiger partial charge >= 0.3 is 0 Å². The van der Waals surface area contributed by atoms with Gasteiger partial charge in [0.2, 0.25) is 17.5 Å². The van der Waals surface area contributed by atoms with Gasteiger partial charge in [-0.15, -0.1) is 0 Å². The lowest BCUT2D eigenvalue weighted by molar-refractivity contribution is 0.245. The first-order chi connectivity index (χ1) is 11.7. The number of piperazine rings is 1. The molecule has 2 heterocycles. The summed E-state index contributed by atoms with van der Waals surface area (Å²) in [5.41, 5.74) is 1.58. The van der Waals surface area contributed by atoms with Crippen LogP contribution in [0.15, 0.2) is 28.7 Å². The van der Waals surface area contributed by atoms with Crippen molar-refractivity contribution in [3.05, 3.63) is 46.4 Å². The van der Waals surface area contributed by atoms with Crippen molar-refractivity contribution in [1.82, 2.24) is 9.88 Å². The molecule has 6 heteroatoms. The van der Waals surface area contributed by atoms with E-state index in [0.717, 1.165) is 62.0 Å². The van der Waals surface area contributed by atoms with Gasteiger partial charge in [-0.25, -0.2) is 4.98 Å². The summed E-state index contributed by atoms with van der Waals surface area (Å²) in [4.78, 5) is 8.88. The Balaban J connectivity index is 1.41. The molecule has 1 aromatic carbocycles. The van der Waals surface area contributed by atoms with E-state index < -0.39 is 0 Å².